The van der Waals surface area contributed by atoms with Gasteiger partial charge in [0.05, 0.1) is 17.9 Å². The van der Waals surface area contributed by atoms with Gasteiger partial charge in [-0.25, -0.2) is 4.79 Å². The van der Waals surface area contributed by atoms with Crippen LogP contribution in [-0.4, -0.2) is 49.6 Å². The smallest absolute Gasteiger partial charge is 0.416 e. The van der Waals surface area contributed by atoms with E-state index in [9.17, 15) is 27.6 Å². The highest BCUT2D eigenvalue weighted by Gasteiger charge is 2.49. The number of nitrogens with zero attached hydrogens (tertiary/aromatic N) is 1. The van der Waals surface area contributed by atoms with Crippen LogP contribution in [0, 0.1) is 0 Å². The van der Waals surface area contributed by atoms with Crippen LogP contribution in [0.25, 0.3) is 0 Å². The lowest BCUT2D eigenvalue weighted by Gasteiger charge is -2.22. The standard InChI is InChI=1S/C22H21ClF3N3O5/c1-21(13-3-6-15(23)7-4-13)19(31)29(20(32)28-21)12-18(30)27-16-11-14(22(24,25)26)5-8-17(16)34-10-9-33-2/h3-8,11H,9-10,12H2,1-2H3,(H,27,30)(H,28,32). The lowest BCUT2D eigenvalue weighted by molar-refractivity contribution is -0.137. The van der Waals surface area contributed by atoms with Crippen molar-refractivity contribution in [2.24, 2.45) is 0 Å². The first-order chi connectivity index (χ1) is 16.0. The van der Waals surface area contributed by atoms with E-state index in [-0.39, 0.29) is 24.7 Å². The van der Waals surface area contributed by atoms with Crippen LogP contribution in [0.4, 0.5) is 23.7 Å². The number of imide groups is 1. The second-order valence-corrected chi connectivity index (χ2v) is 7.99. The van der Waals surface area contributed by atoms with E-state index >= 15 is 0 Å². The summed E-state index contributed by atoms with van der Waals surface area (Å²) in [6.45, 7) is 0.946. The molecule has 0 spiro atoms. The Morgan fingerprint density at radius 3 is 2.44 bits per heavy atom. The van der Waals surface area contributed by atoms with Crippen LogP contribution >= 0.6 is 11.6 Å². The summed E-state index contributed by atoms with van der Waals surface area (Å²) in [5.74, 6) is -1.61. The van der Waals surface area contributed by atoms with E-state index < -0.39 is 41.7 Å². The number of amides is 4. The van der Waals surface area contributed by atoms with Gasteiger partial charge in [0, 0.05) is 12.1 Å². The van der Waals surface area contributed by atoms with Gasteiger partial charge in [-0.3, -0.25) is 14.5 Å². The summed E-state index contributed by atoms with van der Waals surface area (Å²) in [4.78, 5) is 38.8. The van der Waals surface area contributed by atoms with Gasteiger partial charge < -0.3 is 20.1 Å². The van der Waals surface area contributed by atoms with Crippen LogP contribution in [0.2, 0.25) is 5.02 Å². The van der Waals surface area contributed by atoms with Crippen LogP contribution in [0.15, 0.2) is 42.5 Å². The number of nitrogens with one attached hydrogen (secondary N) is 2. The third-order valence-electron chi connectivity index (χ3n) is 5.12. The van der Waals surface area contributed by atoms with E-state index in [1.54, 1.807) is 24.3 Å². The highest BCUT2D eigenvalue weighted by molar-refractivity contribution is 6.30. The number of hydrogen-bond donors (Lipinski definition) is 2. The van der Waals surface area contributed by atoms with Crippen molar-refractivity contribution < 1.29 is 37.0 Å². The molecule has 1 fully saturated rings. The molecule has 2 N–H and O–H groups in total. The van der Waals surface area contributed by atoms with Gasteiger partial charge in [-0.05, 0) is 42.8 Å². The second kappa shape index (κ2) is 9.90. The largest absolute Gasteiger partial charge is 0.489 e. The molecule has 2 aromatic rings. The number of ether oxygens (including phenoxy) is 2. The summed E-state index contributed by atoms with van der Waals surface area (Å²) in [5.41, 5.74) is -2.26. The summed E-state index contributed by atoms with van der Waals surface area (Å²) in [6, 6.07) is 8.01. The molecule has 34 heavy (non-hydrogen) atoms. The van der Waals surface area contributed by atoms with Gasteiger partial charge in [-0.1, -0.05) is 23.7 Å². The van der Waals surface area contributed by atoms with E-state index in [1.807, 2.05) is 0 Å². The minimum absolute atomic E-state index is 0.0250. The normalized spacial score (nSPS) is 18.1. The van der Waals surface area contributed by atoms with Gasteiger partial charge in [0.25, 0.3) is 5.91 Å². The van der Waals surface area contributed by atoms with Crippen LogP contribution in [-0.2, 0) is 26.0 Å². The molecule has 1 atom stereocenters. The predicted octanol–water partition coefficient (Wildman–Crippen LogP) is 3.79. The van der Waals surface area contributed by atoms with E-state index in [0.29, 0.717) is 21.6 Å². The fourth-order valence-corrected chi connectivity index (χ4v) is 3.44. The van der Waals surface area contributed by atoms with Crippen molar-refractivity contribution >= 4 is 35.1 Å². The maximum absolute atomic E-state index is 13.2. The summed E-state index contributed by atoms with van der Waals surface area (Å²) >= 11 is 5.87. The van der Waals surface area contributed by atoms with Crippen molar-refractivity contribution in [2.45, 2.75) is 18.6 Å². The molecule has 182 valence electrons. The number of rotatable bonds is 8. The third-order valence-corrected chi connectivity index (χ3v) is 5.38. The van der Waals surface area contributed by atoms with Gasteiger partial charge in [0.15, 0.2) is 0 Å². The van der Waals surface area contributed by atoms with Crippen LogP contribution < -0.4 is 15.4 Å². The Hall–Kier alpha value is -3.31. The van der Waals surface area contributed by atoms with Crippen molar-refractivity contribution in [2.75, 3.05) is 32.2 Å². The van der Waals surface area contributed by atoms with Gasteiger partial charge in [0.2, 0.25) is 5.91 Å². The maximum atomic E-state index is 13.2. The molecule has 0 aromatic heterocycles. The number of urea groups is 1. The molecule has 1 heterocycles. The number of hydrogen-bond acceptors (Lipinski definition) is 5. The Balaban J connectivity index is 1.78. The molecular formula is C22H21ClF3N3O5. The number of halogens is 4. The van der Waals surface area contributed by atoms with Crippen molar-refractivity contribution in [3.05, 3.63) is 58.6 Å². The van der Waals surface area contributed by atoms with Crippen LogP contribution in [0.5, 0.6) is 5.75 Å². The molecule has 0 saturated carbocycles. The lowest BCUT2D eigenvalue weighted by Crippen LogP contribution is -2.42. The number of alkyl halides is 3. The first kappa shape index (κ1) is 25.3. The zero-order valence-corrected chi connectivity index (χ0v) is 18.9. The van der Waals surface area contributed by atoms with Crippen molar-refractivity contribution in [3.63, 3.8) is 0 Å². The summed E-state index contributed by atoms with van der Waals surface area (Å²) in [5, 5.41) is 5.27. The fraction of sp³-hybridized carbons (Fsp3) is 0.318. The van der Waals surface area contributed by atoms with Crippen LogP contribution in [0.1, 0.15) is 18.1 Å². The van der Waals surface area contributed by atoms with Crippen molar-refractivity contribution in [3.8, 4) is 5.75 Å². The topological polar surface area (TPSA) is 97.0 Å². The molecule has 3 rings (SSSR count). The number of anilines is 1. The van der Waals surface area contributed by atoms with E-state index in [4.69, 9.17) is 21.1 Å². The third kappa shape index (κ3) is 5.42. The molecule has 0 radical (unpaired) electrons. The molecular weight excluding hydrogens is 479 g/mol. The minimum atomic E-state index is -4.66. The van der Waals surface area contributed by atoms with E-state index in [2.05, 4.69) is 10.6 Å². The van der Waals surface area contributed by atoms with Crippen molar-refractivity contribution in [1.82, 2.24) is 10.2 Å². The Labute approximate surface area is 198 Å². The van der Waals surface area contributed by atoms with Gasteiger partial charge in [-0.15, -0.1) is 0 Å². The lowest BCUT2D eigenvalue weighted by atomic mass is 9.92. The molecule has 1 aliphatic heterocycles. The average molecular weight is 500 g/mol. The van der Waals surface area contributed by atoms with E-state index in [0.717, 1.165) is 12.1 Å². The first-order valence-corrected chi connectivity index (χ1v) is 10.4. The second-order valence-electron chi connectivity index (χ2n) is 7.55. The molecule has 1 unspecified atom stereocenters. The SMILES string of the molecule is COCCOc1ccc(C(F)(F)F)cc1NC(=O)CN1C(=O)NC(C)(c2ccc(Cl)cc2)C1=O. The van der Waals surface area contributed by atoms with Gasteiger partial charge >= 0.3 is 12.2 Å². The molecule has 0 bridgehead atoms. The van der Waals surface area contributed by atoms with E-state index in [1.165, 1.54) is 14.0 Å². The number of carbonyl (C=O) groups is 3. The molecule has 1 saturated heterocycles. The minimum Gasteiger partial charge on any atom is -0.489 e. The Morgan fingerprint density at radius 2 is 1.82 bits per heavy atom. The summed E-state index contributed by atoms with van der Waals surface area (Å²) in [6.07, 6.45) is -4.66. The molecule has 8 nitrogen and oxygen atoms in total. The average Bonchev–Trinajstić information content (AvgIpc) is 2.98. The highest BCUT2D eigenvalue weighted by Crippen LogP contribution is 2.35. The van der Waals surface area contributed by atoms with Crippen LogP contribution in [0.3, 0.4) is 0 Å². The quantitative estimate of drug-likeness (QED) is 0.425. The van der Waals surface area contributed by atoms with Gasteiger partial charge in [0.1, 0.15) is 24.4 Å². The Bertz CT molecular complexity index is 1090. The predicted molar refractivity (Wildman–Crippen MR) is 116 cm³/mol. The molecule has 4 amide bonds. The summed E-state index contributed by atoms with van der Waals surface area (Å²) in [7, 11) is 1.43. The molecule has 12 heteroatoms. The Kier molecular flexibility index (Phi) is 7.37. The monoisotopic (exact) mass is 499 g/mol. The molecule has 1 aliphatic rings. The number of methoxy groups -OCH3 is 1. The fourth-order valence-electron chi connectivity index (χ4n) is 3.32. The maximum Gasteiger partial charge on any atom is 0.416 e. The zero-order valence-electron chi connectivity index (χ0n) is 18.2. The van der Waals surface area contributed by atoms with Gasteiger partial charge in [-0.2, -0.15) is 13.2 Å². The molecule has 0 aliphatic carbocycles. The molecule has 2 aromatic carbocycles. The number of benzene rings is 2. The summed E-state index contributed by atoms with van der Waals surface area (Å²) < 4.78 is 49.7. The number of carbonyl (C=O) groups excluding carboxylic acids is 3. The van der Waals surface area contributed by atoms with Crippen molar-refractivity contribution in [1.29, 1.82) is 0 Å². The first-order valence-electron chi connectivity index (χ1n) is 9.98. The Morgan fingerprint density at radius 1 is 1.15 bits per heavy atom. The zero-order chi connectivity index (χ0) is 25.1. The highest BCUT2D eigenvalue weighted by atomic mass is 35.5.